The van der Waals surface area contributed by atoms with Crippen molar-refractivity contribution in [1.29, 1.82) is 0 Å². The van der Waals surface area contributed by atoms with Gasteiger partial charge in [-0.1, -0.05) is 37.5 Å². The highest BCUT2D eigenvalue weighted by Crippen LogP contribution is 2.17. The van der Waals surface area contributed by atoms with Crippen LogP contribution in [0.4, 0.5) is 0 Å². The zero-order chi connectivity index (χ0) is 14.9. The molecule has 21 heavy (non-hydrogen) atoms. The lowest BCUT2D eigenvalue weighted by molar-refractivity contribution is -0.122. The van der Waals surface area contributed by atoms with Gasteiger partial charge in [-0.3, -0.25) is 9.69 Å². The van der Waals surface area contributed by atoms with Crippen molar-refractivity contribution in [2.75, 3.05) is 26.7 Å². The number of carbonyl (C=O) groups is 1. The molecule has 1 saturated carbocycles. The Hall–Kier alpha value is -1.55. The van der Waals surface area contributed by atoms with Gasteiger partial charge in [0.25, 0.3) is 0 Å². The number of likely N-dealkylation sites (N-methyl/N-ethyl adjacent to an activating group) is 1. The fourth-order valence-electron chi connectivity index (χ4n) is 2.68. The summed E-state index contributed by atoms with van der Waals surface area (Å²) in [4.78, 5) is 14.0. The van der Waals surface area contributed by atoms with E-state index in [0.29, 0.717) is 19.2 Å². The van der Waals surface area contributed by atoms with Crippen LogP contribution in [0, 0.1) is 0 Å². The van der Waals surface area contributed by atoms with Crippen LogP contribution in [0.2, 0.25) is 0 Å². The maximum absolute atomic E-state index is 12.0. The summed E-state index contributed by atoms with van der Waals surface area (Å²) in [5.41, 5.74) is 0. The molecule has 1 aromatic rings. The molecule has 0 bridgehead atoms. The summed E-state index contributed by atoms with van der Waals surface area (Å²) in [7, 11) is 1.95. The molecule has 1 fully saturated rings. The summed E-state index contributed by atoms with van der Waals surface area (Å²) in [5.74, 6) is 1.00. The quantitative estimate of drug-likeness (QED) is 0.838. The van der Waals surface area contributed by atoms with Crippen LogP contribution in [-0.4, -0.2) is 43.6 Å². The second-order valence-electron chi connectivity index (χ2n) is 5.80. The van der Waals surface area contributed by atoms with E-state index in [1.807, 2.05) is 42.3 Å². The SMILES string of the molecule is CN(CCOc1ccccc1)CC(=O)NC1CCCCC1. The monoisotopic (exact) mass is 290 g/mol. The lowest BCUT2D eigenvalue weighted by atomic mass is 9.95. The lowest BCUT2D eigenvalue weighted by Crippen LogP contribution is -2.42. The van der Waals surface area contributed by atoms with Crippen LogP contribution in [0.25, 0.3) is 0 Å². The van der Waals surface area contributed by atoms with E-state index in [0.717, 1.165) is 25.1 Å². The topological polar surface area (TPSA) is 41.6 Å². The number of ether oxygens (including phenoxy) is 1. The van der Waals surface area contributed by atoms with Crippen LogP contribution >= 0.6 is 0 Å². The molecule has 2 rings (SSSR count). The standard InChI is InChI=1S/C17H26N2O2/c1-19(12-13-21-16-10-6-3-7-11-16)14-17(20)18-15-8-4-2-5-9-15/h3,6-7,10-11,15H,2,4-5,8-9,12-14H2,1H3,(H,18,20). The number of hydrogen-bond donors (Lipinski definition) is 1. The molecule has 4 heteroatoms. The number of rotatable bonds is 7. The third kappa shape index (κ3) is 6.17. The number of amides is 1. The second kappa shape index (κ2) is 8.67. The molecule has 0 heterocycles. The molecule has 0 atom stereocenters. The molecule has 0 saturated heterocycles. The first-order chi connectivity index (χ1) is 10.2. The highest BCUT2D eigenvalue weighted by atomic mass is 16.5. The average molecular weight is 290 g/mol. The summed E-state index contributed by atoms with van der Waals surface area (Å²) < 4.78 is 5.63. The minimum Gasteiger partial charge on any atom is -0.492 e. The maximum Gasteiger partial charge on any atom is 0.234 e. The second-order valence-corrected chi connectivity index (χ2v) is 5.80. The summed E-state index contributed by atoms with van der Waals surface area (Å²) in [6, 6.07) is 10.1. The highest BCUT2D eigenvalue weighted by Gasteiger charge is 2.16. The molecule has 1 amide bonds. The van der Waals surface area contributed by atoms with Gasteiger partial charge in [0.05, 0.1) is 6.54 Å². The van der Waals surface area contributed by atoms with E-state index in [1.54, 1.807) is 0 Å². The molecular weight excluding hydrogens is 264 g/mol. The van der Waals surface area contributed by atoms with Crippen molar-refractivity contribution in [2.45, 2.75) is 38.1 Å². The zero-order valence-corrected chi connectivity index (χ0v) is 12.9. The van der Waals surface area contributed by atoms with Gasteiger partial charge in [0.2, 0.25) is 5.91 Å². The first kappa shape index (κ1) is 15.8. The Morgan fingerprint density at radius 3 is 2.67 bits per heavy atom. The Balaban J connectivity index is 1.60. The summed E-state index contributed by atoms with van der Waals surface area (Å²) in [5, 5.41) is 3.14. The van der Waals surface area contributed by atoms with Crippen LogP contribution in [0.5, 0.6) is 5.75 Å². The summed E-state index contributed by atoms with van der Waals surface area (Å²) >= 11 is 0. The van der Waals surface area contributed by atoms with E-state index < -0.39 is 0 Å². The zero-order valence-electron chi connectivity index (χ0n) is 12.9. The smallest absolute Gasteiger partial charge is 0.234 e. The Morgan fingerprint density at radius 2 is 1.95 bits per heavy atom. The Labute approximate surface area is 127 Å². The Morgan fingerprint density at radius 1 is 1.24 bits per heavy atom. The number of nitrogens with zero attached hydrogens (tertiary/aromatic N) is 1. The van der Waals surface area contributed by atoms with Crippen LogP contribution in [0.1, 0.15) is 32.1 Å². The van der Waals surface area contributed by atoms with E-state index in [-0.39, 0.29) is 5.91 Å². The molecule has 0 aliphatic heterocycles. The van der Waals surface area contributed by atoms with Gasteiger partial charge in [-0.25, -0.2) is 0 Å². The number of carbonyl (C=O) groups excluding carboxylic acids is 1. The highest BCUT2D eigenvalue weighted by molar-refractivity contribution is 5.78. The van der Waals surface area contributed by atoms with Crippen molar-refractivity contribution in [1.82, 2.24) is 10.2 Å². The van der Waals surface area contributed by atoms with Crippen LogP contribution in [0.15, 0.2) is 30.3 Å². The van der Waals surface area contributed by atoms with E-state index >= 15 is 0 Å². The molecule has 4 nitrogen and oxygen atoms in total. The van der Waals surface area contributed by atoms with Crippen molar-refractivity contribution >= 4 is 5.91 Å². The molecule has 1 aliphatic carbocycles. The van der Waals surface area contributed by atoms with Gasteiger partial charge in [0.1, 0.15) is 12.4 Å². The first-order valence-electron chi connectivity index (χ1n) is 7.90. The number of hydrogen-bond acceptors (Lipinski definition) is 3. The minimum atomic E-state index is 0.129. The lowest BCUT2D eigenvalue weighted by Gasteiger charge is -2.24. The Bertz CT molecular complexity index is 416. The van der Waals surface area contributed by atoms with Crippen LogP contribution in [-0.2, 0) is 4.79 Å². The van der Waals surface area contributed by atoms with Crippen LogP contribution in [0.3, 0.4) is 0 Å². The number of nitrogens with one attached hydrogen (secondary N) is 1. The van der Waals surface area contributed by atoms with E-state index in [9.17, 15) is 4.79 Å². The molecule has 1 aliphatic rings. The summed E-state index contributed by atoms with van der Waals surface area (Å²) in [6.07, 6.45) is 6.06. The molecule has 116 valence electrons. The average Bonchev–Trinajstić information content (AvgIpc) is 2.49. The third-order valence-electron chi connectivity index (χ3n) is 3.87. The third-order valence-corrected chi connectivity index (χ3v) is 3.87. The Kier molecular flexibility index (Phi) is 6.54. The fourth-order valence-corrected chi connectivity index (χ4v) is 2.68. The van der Waals surface area contributed by atoms with Gasteiger partial charge in [-0.2, -0.15) is 0 Å². The van der Waals surface area contributed by atoms with E-state index in [1.165, 1.54) is 19.3 Å². The molecule has 0 aromatic heterocycles. The van der Waals surface area contributed by atoms with Crippen molar-refractivity contribution in [3.8, 4) is 5.75 Å². The van der Waals surface area contributed by atoms with Crippen molar-refractivity contribution in [3.63, 3.8) is 0 Å². The molecule has 1 aromatic carbocycles. The molecular formula is C17H26N2O2. The molecule has 0 unspecified atom stereocenters. The van der Waals surface area contributed by atoms with Gasteiger partial charge in [-0.15, -0.1) is 0 Å². The normalized spacial score (nSPS) is 15.9. The van der Waals surface area contributed by atoms with Gasteiger partial charge in [0, 0.05) is 12.6 Å². The predicted molar refractivity (Wildman–Crippen MR) is 84.4 cm³/mol. The van der Waals surface area contributed by atoms with Gasteiger partial charge in [-0.05, 0) is 32.0 Å². The van der Waals surface area contributed by atoms with Crippen LogP contribution < -0.4 is 10.1 Å². The molecule has 0 radical (unpaired) electrons. The van der Waals surface area contributed by atoms with E-state index in [2.05, 4.69) is 5.32 Å². The van der Waals surface area contributed by atoms with Crippen molar-refractivity contribution < 1.29 is 9.53 Å². The number of benzene rings is 1. The van der Waals surface area contributed by atoms with Gasteiger partial charge >= 0.3 is 0 Å². The van der Waals surface area contributed by atoms with Crippen molar-refractivity contribution in [3.05, 3.63) is 30.3 Å². The number of para-hydroxylation sites is 1. The first-order valence-corrected chi connectivity index (χ1v) is 7.90. The maximum atomic E-state index is 12.0. The van der Waals surface area contributed by atoms with Gasteiger partial charge in [0.15, 0.2) is 0 Å². The van der Waals surface area contributed by atoms with Gasteiger partial charge < -0.3 is 10.1 Å². The van der Waals surface area contributed by atoms with E-state index in [4.69, 9.17) is 4.74 Å². The summed E-state index contributed by atoms with van der Waals surface area (Å²) in [6.45, 7) is 1.78. The fraction of sp³-hybridized carbons (Fsp3) is 0.588. The largest absolute Gasteiger partial charge is 0.492 e. The predicted octanol–water partition coefficient (Wildman–Crippen LogP) is 2.45. The molecule has 0 spiro atoms. The van der Waals surface area contributed by atoms with Crippen molar-refractivity contribution in [2.24, 2.45) is 0 Å². The molecule has 1 N–H and O–H groups in total. The minimum absolute atomic E-state index is 0.129.